The SMILES string of the molecule is O=c1ccn([C@@H]2O[C@H](CO)[C@H](OS(=O)(=O)O)C2O)c(=O)[nH]1. The zero-order valence-electron chi connectivity index (χ0n) is 10.3. The molecule has 1 aromatic heterocycles. The van der Waals surface area contributed by atoms with Gasteiger partial charge in [-0.05, 0) is 0 Å². The van der Waals surface area contributed by atoms with Gasteiger partial charge in [-0.25, -0.2) is 8.98 Å². The van der Waals surface area contributed by atoms with Crippen molar-refractivity contribution in [2.45, 2.75) is 24.5 Å². The van der Waals surface area contributed by atoms with Gasteiger partial charge in [0.25, 0.3) is 5.56 Å². The first-order chi connectivity index (χ1) is 9.73. The molecular formula is C9H12N2O9S. The molecule has 1 aliphatic heterocycles. The summed E-state index contributed by atoms with van der Waals surface area (Å²) < 4.78 is 40.2. The Morgan fingerprint density at radius 1 is 1.43 bits per heavy atom. The third-order valence-corrected chi connectivity index (χ3v) is 3.31. The van der Waals surface area contributed by atoms with Gasteiger partial charge in [0.15, 0.2) is 6.23 Å². The Balaban J connectivity index is 2.35. The molecule has 11 nitrogen and oxygen atoms in total. The van der Waals surface area contributed by atoms with E-state index < -0.39 is 52.8 Å². The lowest BCUT2D eigenvalue weighted by Crippen LogP contribution is -2.39. The number of aromatic nitrogens is 2. The molecule has 0 aromatic carbocycles. The number of aromatic amines is 1. The van der Waals surface area contributed by atoms with Gasteiger partial charge in [0, 0.05) is 12.3 Å². The molecule has 1 aliphatic rings. The predicted molar refractivity (Wildman–Crippen MR) is 64.7 cm³/mol. The minimum Gasteiger partial charge on any atom is -0.394 e. The van der Waals surface area contributed by atoms with Crippen molar-refractivity contribution in [3.63, 3.8) is 0 Å². The minimum absolute atomic E-state index is 0.673. The quantitative estimate of drug-likeness (QED) is 0.421. The monoisotopic (exact) mass is 324 g/mol. The lowest BCUT2D eigenvalue weighted by molar-refractivity contribution is -0.0545. The average molecular weight is 324 g/mol. The Labute approximate surface area is 117 Å². The molecule has 2 rings (SSSR count). The van der Waals surface area contributed by atoms with Crippen molar-refractivity contribution < 1.29 is 32.1 Å². The van der Waals surface area contributed by atoms with E-state index >= 15 is 0 Å². The average Bonchev–Trinajstić information content (AvgIpc) is 2.65. The van der Waals surface area contributed by atoms with E-state index in [-0.39, 0.29) is 0 Å². The maximum absolute atomic E-state index is 11.6. The van der Waals surface area contributed by atoms with Gasteiger partial charge in [-0.1, -0.05) is 0 Å². The Kier molecular flexibility index (Phi) is 4.27. The third kappa shape index (κ3) is 3.37. The first kappa shape index (κ1) is 15.8. The number of aliphatic hydroxyl groups excluding tert-OH is 2. The maximum Gasteiger partial charge on any atom is 0.397 e. The van der Waals surface area contributed by atoms with E-state index in [0.29, 0.717) is 0 Å². The highest BCUT2D eigenvalue weighted by molar-refractivity contribution is 7.80. The van der Waals surface area contributed by atoms with Crippen molar-refractivity contribution in [1.82, 2.24) is 9.55 Å². The molecule has 4 atom stereocenters. The van der Waals surface area contributed by atoms with Crippen LogP contribution in [-0.4, -0.2) is 57.7 Å². The van der Waals surface area contributed by atoms with Crippen LogP contribution in [0, 0.1) is 0 Å². The fourth-order valence-corrected chi connectivity index (χ4v) is 2.50. The molecule has 12 heteroatoms. The molecule has 1 fully saturated rings. The van der Waals surface area contributed by atoms with Crippen LogP contribution in [0.1, 0.15) is 6.23 Å². The van der Waals surface area contributed by atoms with Gasteiger partial charge in [-0.2, -0.15) is 8.42 Å². The second-order valence-electron chi connectivity index (χ2n) is 4.24. The standard InChI is InChI=1S/C9H12N2O9S/c12-3-4-7(20-21(16,17)18)6(14)8(19-4)11-2-1-5(13)10-9(11)15/h1-2,4,6-8,12,14H,3H2,(H,10,13,15)(H,16,17,18)/t4-,6?,7+,8-/m1/s1. The summed E-state index contributed by atoms with van der Waals surface area (Å²) in [6.45, 7) is -0.730. The lowest BCUT2D eigenvalue weighted by Gasteiger charge is -2.18. The van der Waals surface area contributed by atoms with Crippen molar-refractivity contribution in [3.05, 3.63) is 33.1 Å². The zero-order chi connectivity index (χ0) is 15.8. The van der Waals surface area contributed by atoms with E-state index in [1.165, 1.54) is 0 Å². The number of hydrogen-bond acceptors (Lipinski definition) is 8. The third-order valence-electron chi connectivity index (χ3n) is 2.85. The first-order valence-corrected chi connectivity index (χ1v) is 7.01. The number of rotatable bonds is 4. The molecule has 1 unspecified atom stereocenters. The molecule has 1 aromatic rings. The minimum atomic E-state index is -4.90. The number of nitrogens with one attached hydrogen (secondary N) is 1. The summed E-state index contributed by atoms with van der Waals surface area (Å²) in [7, 11) is -4.90. The van der Waals surface area contributed by atoms with Crippen molar-refractivity contribution in [3.8, 4) is 0 Å². The highest BCUT2D eigenvalue weighted by atomic mass is 32.3. The Morgan fingerprint density at radius 3 is 2.62 bits per heavy atom. The first-order valence-electron chi connectivity index (χ1n) is 5.64. The van der Waals surface area contributed by atoms with Gasteiger partial charge in [0.05, 0.1) is 6.61 Å². The highest BCUT2D eigenvalue weighted by Crippen LogP contribution is 2.30. The summed E-state index contributed by atoms with van der Waals surface area (Å²) in [6, 6.07) is 0.988. The molecule has 0 aliphatic carbocycles. The fraction of sp³-hybridized carbons (Fsp3) is 0.556. The summed E-state index contributed by atoms with van der Waals surface area (Å²) >= 11 is 0. The smallest absolute Gasteiger partial charge is 0.394 e. The second-order valence-corrected chi connectivity index (χ2v) is 5.29. The van der Waals surface area contributed by atoms with Crippen molar-refractivity contribution in [2.24, 2.45) is 0 Å². The molecular weight excluding hydrogens is 312 g/mol. The summed E-state index contributed by atoms with van der Waals surface area (Å²) in [5.41, 5.74) is -1.58. The number of ether oxygens (including phenoxy) is 1. The zero-order valence-corrected chi connectivity index (χ0v) is 11.1. The molecule has 0 amide bonds. The normalized spacial score (nSPS) is 29.7. The Hall–Kier alpha value is -1.57. The van der Waals surface area contributed by atoms with E-state index in [2.05, 4.69) is 4.18 Å². The Bertz CT molecular complexity index is 723. The van der Waals surface area contributed by atoms with Gasteiger partial charge >= 0.3 is 16.1 Å². The lowest BCUT2D eigenvalue weighted by atomic mass is 10.1. The van der Waals surface area contributed by atoms with Crippen LogP contribution in [0.4, 0.5) is 0 Å². The highest BCUT2D eigenvalue weighted by Gasteiger charge is 2.47. The van der Waals surface area contributed by atoms with Crippen LogP contribution >= 0.6 is 0 Å². The molecule has 21 heavy (non-hydrogen) atoms. The van der Waals surface area contributed by atoms with E-state index in [0.717, 1.165) is 16.8 Å². The molecule has 0 bridgehead atoms. The summed E-state index contributed by atoms with van der Waals surface area (Å²) in [4.78, 5) is 24.5. The molecule has 118 valence electrons. The van der Waals surface area contributed by atoms with Gasteiger partial charge < -0.3 is 14.9 Å². The van der Waals surface area contributed by atoms with Crippen molar-refractivity contribution in [2.75, 3.05) is 6.61 Å². The van der Waals surface area contributed by atoms with Gasteiger partial charge in [0.2, 0.25) is 0 Å². The van der Waals surface area contributed by atoms with Crippen LogP contribution in [0.25, 0.3) is 0 Å². The largest absolute Gasteiger partial charge is 0.397 e. The van der Waals surface area contributed by atoms with Crippen molar-refractivity contribution >= 4 is 10.4 Å². The van der Waals surface area contributed by atoms with Gasteiger partial charge in [-0.3, -0.25) is 18.9 Å². The molecule has 4 N–H and O–H groups in total. The molecule has 1 saturated heterocycles. The van der Waals surface area contributed by atoms with Crippen LogP contribution in [0.15, 0.2) is 21.9 Å². The Morgan fingerprint density at radius 2 is 2.10 bits per heavy atom. The van der Waals surface area contributed by atoms with Crippen LogP contribution in [0.5, 0.6) is 0 Å². The number of aliphatic hydroxyl groups is 2. The number of nitrogens with zero attached hydrogens (tertiary/aromatic N) is 1. The van der Waals surface area contributed by atoms with E-state index in [9.17, 15) is 23.1 Å². The van der Waals surface area contributed by atoms with Crippen LogP contribution in [0.3, 0.4) is 0 Å². The molecule has 0 spiro atoms. The van der Waals surface area contributed by atoms with Crippen LogP contribution in [-0.2, 0) is 19.3 Å². The molecule has 0 radical (unpaired) electrons. The van der Waals surface area contributed by atoms with Gasteiger partial charge in [-0.15, -0.1) is 0 Å². The van der Waals surface area contributed by atoms with Crippen molar-refractivity contribution in [1.29, 1.82) is 0 Å². The molecule has 2 heterocycles. The summed E-state index contributed by atoms with van der Waals surface area (Å²) in [5.74, 6) is 0. The van der Waals surface area contributed by atoms with E-state index in [1.807, 2.05) is 4.98 Å². The topological polar surface area (TPSA) is 168 Å². The van der Waals surface area contributed by atoms with Gasteiger partial charge in [0.1, 0.15) is 18.3 Å². The second kappa shape index (κ2) is 5.67. The maximum atomic E-state index is 11.6. The van der Waals surface area contributed by atoms with Crippen LogP contribution < -0.4 is 11.2 Å². The van der Waals surface area contributed by atoms with E-state index in [4.69, 9.17) is 14.4 Å². The fourth-order valence-electron chi connectivity index (χ4n) is 1.98. The molecule has 0 saturated carbocycles. The van der Waals surface area contributed by atoms with E-state index in [1.54, 1.807) is 0 Å². The summed E-state index contributed by atoms with van der Waals surface area (Å²) in [6.07, 6.45) is -4.98. The predicted octanol–water partition coefficient (Wildman–Crippen LogP) is -3.02. The summed E-state index contributed by atoms with van der Waals surface area (Å²) in [5, 5.41) is 19.1. The number of hydrogen-bond donors (Lipinski definition) is 4. The van der Waals surface area contributed by atoms with Crippen LogP contribution in [0.2, 0.25) is 0 Å². The number of H-pyrrole nitrogens is 1.